The highest BCUT2D eigenvalue weighted by Crippen LogP contribution is 2.41. The Morgan fingerprint density at radius 3 is 2.74 bits per heavy atom. The Morgan fingerprint density at radius 2 is 1.97 bits per heavy atom. The number of phenolic OH excluding ortho intramolecular Hbond substituents is 1. The van der Waals surface area contributed by atoms with Gasteiger partial charge >= 0.3 is 0 Å². The molecule has 1 aliphatic carbocycles. The Kier molecular flexibility index (Phi) is 9.69. The maximum atomic E-state index is 12.5. The van der Waals surface area contributed by atoms with E-state index in [2.05, 4.69) is 36.7 Å². The number of Topliss-reactive ketones (excluding diaryl/α,β-unsaturated/α-hetero) is 1. The van der Waals surface area contributed by atoms with Crippen LogP contribution in [0, 0.1) is 11.3 Å². The minimum absolute atomic E-state index is 0.0824. The summed E-state index contributed by atoms with van der Waals surface area (Å²) in [5.74, 6) is 1.22. The number of carbonyl (C=O) groups is 1. The highest BCUT2D eigenvalue weighted by Gasteiger charge is 2.29. The molecule has 2 aliphatic heterocycles. The third kappa shape index (κ3) is 7.72. The van der Waals surface area contributed by atoms with Crippen molar-refractivity contribution in [3.05, 3.63) is 47.3 Å². The van der Waals surface area contributed by atoms with Gasteiger partial charge in [0.1, 0.15) is 5.78 Å². The summed E-state index contributed by atoms with van der Waals surface area (Å²) in [6, 6.07) is 5.30. The summed E-state index contributed by atoms with van der Waals surface area (Å²) in [6.07, 6.45) is 14.7. The van der Waals surface area contributed by atoms with Gasteiger partial charge in [0.25, 0.3) is 0 Å². The van der Waals surface area contributed by atoms with E-state index in [1.165, 1.54) is 37.0 Å². The predicted molar refractivity (Wildman–Crippen MR) is 152 cm³/mol. The molecule has 38 heavy (non-hydrogen) atoms. The van der Waals surface area contributed by atoms with Gasteiger partial charge in [0, 0.05) is 30.3 Å². The molecule has 4 rings (SSSR count). The van der Waals surface area contributed by atoms with Crippen molar-refractivity contribution < 1.29 is 19.7 Å². The van der Waals surface area contributed by atoms with Crippen molar-refractivity contribution >= 4 is 11.5 Å². The number of fused-ring (bicyclic) bond motifs is 1. The van der Waals surface area contributed by atoms with Gasteiger partial charge in [0.05, 0.1) is 18.4 Å². The molecule has 1 saturated carbocycles. The number of benzene rings is 1. The Hall–Kier alpha value is -2.60. The minimum atomic E-state index is -0.551. The van der Waals surface area contributed by atoms with Crippen LogP contribution in [0.5, 0.6) is 11.5 Å². The number of allylic oxidation sites excluding steroid dienone is 2. The fourth-order valence-corrected chi connectivity index (χ4v) is 6.02. The molecule has 1 aromatic carbocycles. The number of aliphatic imine (C=N–C) groups is 1. The summed E-state index contributed by atoms with van der Waals surface area (Å²) in [5, 5.41) is 20.8. The average molecular weight is 523 g/mol. The van der Waals surface area contributed by atoms with E-state index in [0.29, 0.717) is 49.6 Å². The van der Waals surface area contributed by atoms with Crippen molar-refractivity contribution in [3.63, 3.8) is 0 Å². The van der Waals surface area contributed by atoms with Crippen LogP contribution in [-0.4, -0.2) is 46.0 Å². The van der Waals surface area contributed by atoms with Crippen LogP contribution >= 0.6 is 0 Å². The number of nitrogens with zero attached hydrogens (tertiary/aromatic N) is 2. The Morgan fingerprint density at radius 1 is 1.18 bits per heavy atom. The van der Waals surface area contributed by atoms with E-state index in [-0.39, 0.29) is 18.0 Å². The lowest BCUT2D eigenvalue weighted by molar-refractivity contribution is -0.121. The minimum Gasteiger partial charge on any atom is -0.504 e. The van der Waals surface area contributed by atoms with Crippen LogP contribution in [0.15, 0.2) is 46.7 Å². The number of carbonyl (C=O) groups excluding carboxylic acids is 1. The molecule has 0 saturated heterocycles. The summed E-state index contributed by atoms with van der Waals surface area (Å²) < 4.78 is 6.07. The van der Waals surface area contributed by atoms with Crippen molar-refractivity contribution in [2.24, 2.45) is 16.3 Å². The van der Waals surface area contributed by atoms with Crippen molar-refractivity contribution in [2.75, 3.05) is 13.3 Å². The fourth-order valence-electron chi connectivity index (χ4n) is 6.02. The van der Waals surface area contributed by atoms with Crippen molar-refractivity contribution in [3.8, 4) is 11.5 Å². The molecule has 1 fully saturated rings. The summed E-state index contributed by atoms with van der Waals surface area (Å²) in [5.41, 5.74) is 4.93. The molecule has 0 amide bonds. The summed E-state index contributed by atoms with van der Waals surface area (Å²) >= 11 is 0. The lowest BCUT2D eigenvalue weighted by Gasteiger charge is -2.23. The lowest BCUT2D eigenvalue weighted by atomic mass is 9.83. The maximum Gasteiger partial charge on any atom is 0.163 e. The summed E-state index contributed by atoms with van der Waals surface area (Å²) in [4.78, 5) is 19.2. The third-order valence-electron chi connectivity index (χ3n) is 8.46. The Labute approximate surface area is 228 Å². The van der Waals surface area contributed by atoms with Gasteiger partial charge in [-0.2, -0.15) is 0 Å². The van der Waals surface area contributed by atoms with E-state index in [9.17, 15) is 15.0 Å². The Balaban J connectivity index is 1.23. The number of aromatic hydroxyl groups is 1. The molecule has 6 heteroatoms. The van der Waals surface area contributed by atoms with Gasteiger partial charge < -0.3 is 19.8 Å². The average Bonchev–Trinajstić information content (AvgIpc) is 3.58. The van der Waals surface area contributed by atoms with Crippen molar-refractivity contribution in [1.82, 2.24) is 4.90 Å². The number of hydrogen-bond acceptors (Lipinski definition) is 6. The number of rotatable bonds is 15. The normalized spacial score (nSPS) is 18.9. The van der Waals surface area contributed by atoms with Crippen LogP contribution in [-0.2, 0) is 11.2 Å². The highest BCUT2D eigenvalue weighted by molar-refractivity contribution is 6.08. The molecular weight excluding hydrogens is 476 g/mol. The molecule has 0 spiro atoms. The fraction of sp³-hybridized carbons (Fsp3) is 0.625. The standard InChI is InChI=1S/C32H46N2O4/c1-23(2)8-12-29-27-14-18-33-28(27)21-34(29)22-38-31-19-24(10-13-30(31)37)9-11-26(36)20-25(35)7-6-17-32(3)15-4-5-16-32/h10,13-14,18-19,23,25,35,37H,4-9,11-12,15-17,20-22H2,1-3H3/t25-/m1/s1. The Bertz CT molecular complexity index is 1070. The van der Waals surface area contributed by atoms with E-state index < -0.39 is 6.10 Å². The largest absolute Gasteiger partial charge is 0.504 e. The van der Waals surface area contributed by atoms with E-state index in [4.69, 9.17) is 4.74 Å². The number of aryl methyl sites for hydroxylation is 1. The molecule has 1 atom stereocenters. The number of hydrogen-bond donors (Lipinski definition) is 2. The van der Waals surface area contributed by atoms with Crippen LogP contribution in [0.4, 0.5) is 0 Å². The molecule has 6 nitrogen and oxygen atoms in total. The predicted octanol–water partition coefficient (Wildman–Crippen LogP) is 6.71. The molecule has 3 aliphatic rings. The number of ether oxygens (including phenoxy) is 1. The molecule has 0 unspecified atom stereocenters. The van der Waals surface area contributed by atoms with Crippen LogP contribution in [0.1, 0.15) is 97.0 Å². The summed E-state index contributed by atoms with van der Waals surface area (Å²) in [7, 11) is 0. The van der Waals surface area contributed by atoms with Gasteiger partial charge in [-0.25, -0.2) is 0 Å². The summed E-state index contributed by atoms with van der Waals surface area (Å²) in [6.45, 7) is 7.87. The zero-order valence-electron chi connectivity index (χ0n) is 23.5. The van der Waals surface area contributed by atoms with E-state index in [0.717, 1.165) is 37.0 Å². The molecule has 0 bridgehead atoms. The third-order valence-corrected chi connectivity index (χ3v) is 8.46. The monoisotopic (exact) mass is 522 g/mol. The first-order chi connectivity index (χ1) is 18.2. The zero-order chi connectivity index (χ0) is 27.1. The van der Waals surface area contributed by atoms with Crippen LogP contribution < -0.4 is 4.74 Å². The number of aliphatic hydroxyl groups excluding tert-OH is 1. The van der Waals surface area contributed by atoms with E-state index in [1.807, 2.05) is 18.3 Å². The SMILES string of the molecule is CC(C)CCC1=C2C=CN=C2CN1COc1cc(CCC(=O)C[C@H](O)CCCC2(C)CCCC2)ccc1O. The molecule has 0 radical (unpaired) electrons. The molecule has 2 N–H and O–H groups in total. The first kappa shape index (κ1) is 28.4. The van der Waals surface area contributed by atoms with Gasteiger partial charge in [-0.3, -0.25) is 9.79 Å². The van der Waals surface area contributed by atoms with Gasteiger partial charge in [-0.1, -0.05) is 46.1 Å². The van der Waals surface area contributed by atoms with Crippen LogP contribution in [0.3, 0.4) is 0 Å². The first-order valence-electron chi connectivity index (χ1n) is 14.6. The molecule has 1 aromatic rings. The van der Waals surface area contributed by atoms with E-state index >= 15 is 0 Å². The second kappa shape index (κ2) is 13.0. The van der Waals surface area contributed by atoms with E-state index in [1.54, 1.807) is 6.07 Å². The zero-order valence-corrected chi connectivity index (χ0v) is 23.5. The quantitative estimate of drug-likeness (QED) is 0.268. The topological polar surface area (TPSA) is 82.4 Å². The molecule has 208 valence electrons. The molecular formula is C32H46N2O4. The first-order valence-corrected chi connectivity index (χ1v) is 14.6. The number of phenols is 1. The maximum absolute atomic E-state index is 12.5. The van der Waals surface area contributed by atoms with Crippen molar-refractivity contribution in [1.29, 1.82) is 0 Å². The smallest absolute Gasteiger partial charge is 0.163 e. The molecule has 2 heterocycles. The van der Waals surface area contributed by atoms with Crippen molar-refractivity contribution in [2.45, 2.75) is 104 Å². The van der Waals surface area contributed by atoms with Crippen LogP contribution in [0.25, 0.3) is 0 Å². The highest BCUT2D eigenvalue weighted by atomic mass is 16.5. The second-order valence-corrected chi connectivity index (χ2v) is 12.3. The van der Waals surface area contributed by atoms with Gasteiger partial charge in [-0.05, 0) is 80.1 Å². The second-order valence-electron chi connectivity index (χ2n) is 12.3. The van der Waals surface area contributed by atoms with Gasteiger partial charge in [0.15, 0.2) is 18.2 Å². The molecule has 0 aromatic heterocycles. The number of aliphatic hydroxyl groups is 1. The van der Waals surface area contributed by atoms with Gasteiger partial charge in [0.2, 0.25) is 0 Å². The number of ketones is 1. The van der Waals surface area contributed by atoms with Gasteiger partial charge in [-0.15, -0.1) is 0 Å². The lowest BCUT2D eigenvalue weighted by Crippen LogP contribution is -2.27. The van der Waals surface area contributed by atoms with Crippen LogP contribution in [0.2, 0.25) is 0 Å².